The molecule has 0 aromatic carbocycles. The van der Waals surface area contributed by atoms with Gasteiger partial charge in [0.05, 0.1) is 33.0 Å². The van der Waals surface area contributed by atoms with Crippen molar-refractivity contribution in [3.8, 4) is 0 Å². The highest BCUT2D eigenvalue weighted by Gasteiger charge is 2.29. The van der Waals surface area contributed by atoms with Gasteiger partial charge in [0.2, 0.25) is 0 Å². The molecule has 1 aliphatic rings. The van der Waals surface area contributed by atoms with Crippen molar-refractivity contribution in [3.63, 3.8) is 0 Å². The number of sulfone groups is 1. The van der Waals surface area contributed by atoms with Crippen LogP contribution in [0.1, 0.15) is 18.5 Å². The molecule has 1 saturated heterocycles. The minimum absolute atomic E-state index is 0.0123. The third-order valence-electron chi connectivity index (χ3n) is 4.03. The summed E-state index contributed by atoms with van der Waals surface area (Å²) >= 11 is 6.40. The average Bonchev–Trinajstić information content (AvgIpc) is 2.90. The number of pyridine rings is 1. The van der Waals surface area contributed by atoms with E-state index in [-0.39, 0.29) is 53.0 Å². The van der Waals surface area contributed by atoms with Crippen molar-refractivity contribution in [1.82, 2.24) is 14.3 Å². The summed E-state index contributed by atoms with van der Waals surface area (Å²) in [5, 5.41) is 4.23. The van der Waals surface area contributed by atoms with E-state index in [4.69, 9.17) is 11.6 Å². The summed E-state index contributed by atoms with van der Waals surface area (Å²) in [5.74, 6) is 0.00937. The Labute approximate surface area is 147 Å². The van der Waals surface area contributed by atoms with Crippen LogP contribution in [0.3, 0.4) is 0 Å². The predicted molar refractivity (Wildman–Crippen MR) is 90.6 cm³/mol. The number of nitrogens with zero attached hydrogens (tertiary/aromatic N) is 3. The summed E-state index contributed by atoms with van der Waals surface area (Å²) in [6.45, 7) is 2.31. The lowest BCUT2D eigenvalue weighted by Crippen LogP contribution is -2.42. The van der Waals surface area contributed by atoms with Crippen molar-refractivity contribution in [2.45, 2.75) is 13.0 Å². The second kappa shape index (κ2) is 6.51. The van der Waals surface area contributed by atoms with Crippen LogP contribution in [0.4, 0.5) is 10.2 Å². The molecule has 24 heavy (non-hydrogen) atoms. The molecule has 0 unspecified atom stereocenters. The van der Waals surface area contributed by atoms with Crippen molar-refractivity contribution in [1.29, 1.82) is 0 Å². The fourth-order valence-electron chi connectivity index (χ4n) is 2.79. The molecule has 0 spiro atoms. The Morgan fingerprint density at radius 2 is 2.08 bits per heavy atom. The summed E-state index contributed by atoms with van der Waals surface area (Å²) in [4.78, 5) is 1.83. The van der Waals surface area contributed by atoms with Gasteiger partial charge in [0.1, 0.15) is 11.3 Å². The molecule has 0 amide bonds. The first-order valence-electron chi connectivity index (χ1n) is 7.19. The van der Waals surface area contributed by atoms with Gasteiger partial charge in [0.15, 0.2) is 15.7 Å². The Hall–Kier alpha value is -1.36. The number of hydrogen-bond donors (Lipinski definition) is 1. The first-order chi connectivity index (χ1) is 11.3. The van der Waals surface area contributed by atoms with Crippen LogP contribution in [0.5, 0.6) is 0 Å². The van der Waals surface area contributed by atoms with Gasteiger partial charge in [-0.25, -0.2) is 17.3 Å². The molecule has 1 aliphatic heterocycles. The number of aromatic nitrogens is 2. The Morgan fingerprint density at radius 1 is 1.42 bits per heavy atom. The van der Waals surface area contributed by atoms with E-state index in [0.29, 0.717) is 11.4 Å². The van der Waals surface area contributed by atoms with Crippen LogP contribution in [0.15, 0.2) is 12.3 Å². The zero-order valence-electron chi connectivity index (χ0n) is 12.7. The zero-order valence-corrected chi connectivity index (χ0v) is 15.1. The predicted octanol–water partition coefficient (Wildman–Crippen LogP) is 1.36. The van der Waals surface area contributed by atoms with Gasteiger partial charge >= 0.3 is 11.9 Å². The van der Waals surface area contributed by atoms with Gasteiger partial charge in [-0.15, -0.1) is 0 Å². The van der Waals surface area contributed by atoms with E-state index in [1.807, 2.05) is 4.90 Å². The first-order valence-corrected chi connectivity index (χ1v) is 10.1. The third kappa shape index (κ3) is 3.10. The van der Waals surface area contributed by atoms with Gasteiger partial charge in [0, 0.05) is 18.7 Å². The first kappa shape index (κ1) is 17.5. The second-order valence-electron chi connectivity index (χ2n) is 5.59. The van der Waals surface area contributed by atoms with Crippen LogP contribution >= 0.6 is 11.6 Å². The molecule has 11 heteroatoms. The standard InChI is InChI=1S/C13H15ClFN4O3S2/c1-8(17-23-20)9-6-10(14)12-11(15)7-16-19(12)13(9)18-2-4-24(21,22)5-3-18/h6-8H,2-5H2,1H3,(H,17,20)/q+1/t8-/m0/s1. The zero-order chi connectivity index (χ0) is 17.5. The topological polar surface area (TPSA) is 83.8 Å². The Kier molecular flexibility index (Phi) is 4.73. The van der Waals surface area contributed by atoms with E-state index >= 15 is 0 Å². The Balaban J connectivity index is 2.17. The van der Waals surface area contributed by atoms with E-state index in [0.717, 1.165) is 6.20 Å². The highest BCUT2D eigenvalue weighted by molar-refractivity contribution is 7.91. The van der Waals surface area contributed by atoms with Crippen LogP contribution < -0.4 is 9.62 Å². The summed E-state index contributed by atoms with van der Waals surface area (Å²) in [6, 6.07) is 1.21. The van der Waals surface area contributed by atoms with E-state index in [2.05, 4.69) is 9.82 Å². The van der Waals surface area contributed by atoms with Gasteiger partial charge in [-0.2, -0.15) is 5.10 Å². The molecule has 0 saturated carbocycles. The lowest BCUT2D eigenvalue weighted by Gasteiger charge is -2.31. The molecule has 1 fully saturated rings. The van der Waals surface area contributed by atoms with Crippen molar-refractivity contribution in [2.24, 2.45) is 0 Å². The molecule has 2 aromatic heterocycles. The third-order valence-corrected chi connectivity index (χ3v) is 6.37. The number of anilines is 1. The van der Waals surface area contributed by atoms with Crippen molar-refractivity contribution < 1.29 is 17.0 Å². The van der Waals surface area contributed by atoms with Crippen molar-refractivity contribution in [2.75, 3.05) is 29.5 Å². The molecule has 7 nitrogen and oxygen atoms in total. The van der Waals surface area contributed by atoms with Gasteiger partial charge < -0.3 is 4.90 Å². The average molecular weight is 394 g/mol. The lowest BCUT2D eigenvalue weighted by atomic mass is 10.1. The molecule has 0 bridgehead atoms. The van der Waals surface area contributed by atoms with Crippen LogP contribution in [0.2, 0.25) is 5.02 Å². The van der Waals surface area contributed by atoms with E-state index in [9.17, 15) is 17.0 Å². The van der Waals surface area contributed by atoms with E-state index in [1.165, 1.54) is 4.52 Å². The van der Waals surface area contributed by atoms with Gasteiger partial charge in [-0.05, 0) is 17.7 Å². The van der Waals surface area contributed by atoms with Crippen LogP contribution in [0, 0.1) is 5.82 Å². The number of hydrogen-bond acceptors (Lipinski definition) is 5. The Bertz CT molecular complexity index is 888. The van der Waals surface area contributed by atoms with Gasteiger partial charge in [-0.1, -0.05) is 11.6 Å². The summed E-state index contributed by atoms with van der Waals surface area (Å²) in [5.41, 5.74) is 0.782. The van der Waals surface area contributed by atoms with Crippen molar-refractivity contribution in [3.05, 3.63) is 28.7 Å². The molecule has 0 aliphatic carbocycles. The molecule has 130 valence electrons. The Morgan fingerprint density at radius 3 is 2.71 bits per heavy atom. The maximum absolute atomic E-state index is 14.0. The fourth-order valence-corrected chi connectivity index (χ4v) is 4.55. The lowest BCUT2D eigenvalue weighted by molar-refractivity contribution is 0.584. The SMILES string of the molecule is C[C@H](N[S+]=O)c1cc(Cl)c2c(F)cnn2c1N1CCS(=O)(=O)CC1. The van der Waals surface area contributed by atoms with Crippen LogP contribution in [-0.4, -0.2) is 42.6 Å². The minimum atomic E-state index is -3.06. The van der Waals surface area contributed by atoms with Gasteiger partial charge in [0.25, 0.3) is 0 Å². The monoisotopic (exact) mass is 393 g/mol. The maximum Gasteiger partial charge on any atom is 0.588 e. The quantitative estimate of drug-likeness (QED) is 0.626. The molecule has 2 aromatic rings. The fraction of sp³-hybridized carbons (Fsp3) is 0.462. The van der Waals surface area contributed by atoms with Gasteiger partial charge in [-0.3, -0.25) is 0 Å². The smallest absolute Gasteiger partial charge is 0.354 e. The van der Waals surface area contributed by atoms with E-state index < -0.39 is 15.7 Å². The largest absolute Gasteiger partial charge is 0.588 e. The molecule has 3 heterocycles. The highest BCUT2D eigenvalue weighted by atomic mass is 35.5. The molecule has 1 atom stereocenters. The number of nitrogens with one attached hydrogen (secondary N) is 1. The number of rotatable bonds is 4. The summed E-state index contributed by atoms with van der Waals surface area (Å²) in [6.07, 6.45) is 1.07. The maximum atomic E-state index is 14.0. The molecular weight excluding hydrogens is 379 g/mol. The number of halogens is 2. The highest BCUT2D eigenvalue weighted by Crippen LogP contribution is 2.34. The molecule has 1 N–H and O–H groups in total. The minimum Gasteiger partial charge on any atom is -0.354 e. The summed E-state index contributed by atoms with van der Waals surface area (Å²) in [7, 11) is -3.06. The normalized spacial score (nSPS) is 18.7. The molecule has 3 rings (SSSR count). The molecule has 0 radical (unpaired) electrons. The summed E-state index contributed by atoms with van der Waals surface area (Å²) < 4.78 is 52.3. The van der Waals surface area contributed by atoms with Crippen LogP contribution in [0.25, 0.3) is 5.52 Å². The van der Waals surface area contributed by atoms with Crippen molar-refractivity contribution >= 4 is 44.6 Å². The van der Waals surface area contributed by atoms with E-state index in [1.54, 1.807) is 13.0 Å². The number of fused-ring (bicyclic) bond motifs is 1. The second-order valence-corrected chi connectivity index (χ2v) is 8.70. The molecular formula is C13H15ClFN4O3S2+. The van der Waals surface area contributed by atoms with Crippen LogP contribution in [-0.2, 0) is 25.9 Å².